The molecule has 1 aromatic rings. The van der Waals surface area contributed by atoms with Gasteiger partial charge in [-0.3, -0.25) is 4.57 Å². The van der Waals surface area contributed by atoms with Gasteiger partial charge in [-0.1, -0.05) is 38.5 Å². The fourth-order valence-corrected chi connectivity index (χ4v) is 5.15. The highest BCUT2D eigenvalue weighted by Crippen LogP contribution is 2.48. The van der Waals surface area contributed by atoms with Gasteiger partial charge in [-0.15, -0.1) is 0 Å². The van der Waals surface area contributed by atoms with E-state index in [0.717, 1.165) is 23.0 Å². The zero-order valence-corrected chi connectivity index (χ0v) is 14.3. The van der Waals surface area contributed by atoms with E-state index in [4.69, 9.17) is 4.52 Å². The molecule has 2 atom stereocenters. The van der Waals surface area contributed by atoms with Crippen LogP contribution in [0.25, 0.3) is 0 Å². The van der Waals surface area contributed by atoms with Crippen molar-refractivity contribution in [1.29, 1.82) is 0 Å². The molecule has 1 saturated heterocycles. The second-order valence-corrected chi connectivity index (χ2v) is 9.14. The van der Waals surface area contributed by atoms with E-state index in [1.165, 1.54) is 5.56 Å². The van der Waals surface area contributed by atoms with Crippen molar-refractivity contribution in [3.8, 4) is 0 Å². The van der Waals surface area contributed by atoms with Crippen molar-refractivity contribution in [1.82, 2.24) is 5.09 Å². The number of benzene rings is 1. The molecule has 0 saturated carbocycles. The van der Waals surface area contributed by atoms with Crippen molar-refractivity contribution in [2.75, 3.05) is 13.2 Å². The highest BCUT2D eigenvalue weighted by atomic mass is 31.2. The van der Waals surface area contributed by atoms with Crippen LogP contribution in [-0.2, 0) is 9.09 Å². The minimum atomic E-state index is -2.92. The Labute approximate surface area is 122 Å². The van der Waals surface area contributed by atoms with Gasteiger partial charge in [-0.05, 0) is 37.3 Å². The molecule has 0 bridgehead atoms. The molecule has 2 rings (SSSR count). The minimum absolute atomic E-state index is 0.162. The lowest BCUT2D eigenvalue weighted by molar-refractivity contribution is 0.130. The van der Waals surface area contributed by atoms with E-state index in [1.807, 2.05) is 13.8 Å². The molecule has 1 aliphatic heterocycles. The molecular formula is C16H26NO2P. The second kappa shape index (κ2) is 5.29. The first kappa shape index (κ1) is 15.8. The average molecular weight is 295 g/mol. The van der Waals surface area contributed by atoms with Crippen LogP contribution in [0.15, 0.2) is 12.1 Å². The molecule has 20 heavy (non-hydrogen) atoms. The molecule has 112 valence electrons. The Hall–Kier alpha value is -0.630. The molecule has 0 unspecified atom stereocenters. The molecule has 0 spiro atoms. The van der Waals surface area contributed by atoms with Gasteiger partial charge in [0.2, 0.25) is 0 Å². The standard InChI is InChI=1S/C16H26NO2P/c1-11-7-12(2)15(13(3)8-11)20(18)17-9-14(10-19-20)16(4,5)6/h7-8,14H,9-10H2,1-6H3,(H,17,18)/t14-,20-/m1/s1. The first-order chi connectivity index (χ1) is 9.13. The van der Waals surface area contributed by atoms with Gasteiger partial charge in [-0.25, -0.2) is 5.09 Å². The first-order valence-electron chi connectivity index (χ1n) is 7.21. The highest BCUT2D eigenvalue weighted by Gasteiger charge is 2.38. The summed E-state index contributed by atoms with van der Waals surface area (Å²) in [6.45, 7) is 14.0. The van der Waals surface area contributed by atoms with Crippen molar-refractivity contribution >= 4 is 12.8 Å². The van der Waals surface area contributed by atoms with E-state index in [2.05, 4.69) is 44.9 Å². The van der Waals surface area contributed by atoms with Gasteiger partial charge in [0.1, 0.15) is 0 Å². The van der Waals surface area contributed by atoms with Crippen LogP contribution in [0.4, 0.5) is 0 Å². The number of aryl methyl sites for hydroxylation is 3. The summed E-state index contributed by atoms with van der Waals surface area (Å²) >= 11 is 0. The van der Waals surface area contributed by atoms with Crippen LogP contribution in [0.3, 0.4) is 0 Å². The Balaban J connectivity index is 2.29. The monoisotopic (exact) mass is 295 g/mol. The molecule has 4 heteroatoms. The molecule has 3 nitrogen and oxygen atoms in total. The number of hydrogen-bond acceptors (Lipinski definition) is 2. The Bertz CT molecular complexity index is 525. The zero-order chi connectivity index (χ0) is 15.1. The third kappa shape index (κ3) is 3.00. The normalized spacial score (nSPS) is 27.6. The van der Waals surface area contributed by atoms with E-state index < -0.39 is 7.52 Å². The lowest BCUT2D eigenvalue weighted by atomic mass is 9.81. The summed E-state index contributed by atoms with van der Waals surface area (Å²) in [6, 6.07) is 4.14. The summed E-state index contributed by atoms with van der Waals surface area (Å²) in [7, 11) is -2.92. The van der Waals surface area contributed by atoms with Crippen LogP contribution in [-0.4, -0.2) is 13.2 Å². The summed E-state index contributed by atoms with van der Waals surface area (Å²) in [5.74, 6) is 0.385. The maximum Gasteiger partial charge on any atom is 0.300 e. The van der Waals surface area contributed by atoms with E-state index in [9.17, 15) is 4.57 Å². The summed E-state index contributed by atoms with van der Waals surface area (Å²) in [4.78, 5) is 0. The van der Waals surface area contributed by atoms with E-state index in [0.29, 0.717) is 12.5 Å². The molecule has 1 N–H and O–H groups in total. The fourth-order valence-electron chi connectivity index (χ4n) is 2.87. The number of rotatable bonds is 1. The number of hydrogen-bond donors (Lipinski definition) is 1. The Kier molecular flexibility index (Phi) is 4.17. The van der Waals surface area contributed by atoms with Crippen molar-refractivity contribution < 1.29 is 9.09 Å². The zero-order valence-electron chi connectivity index (χ0n) is 13.4. The largest absolute Gasteiger partial charge is 0.314 e. The Morgan fingerprint density at radius 3 is 2.15 bits per heavy atom. The van der Waals surface area contributed by atoms with Crippen LogP contribution in [0.5, 0.6) is 0 Å². The highest BCUT2D eigenvalue weighted by molar-refractivity contribution is 7.65. The fraction of sp³-hybridized carbons (Fsp3) is 0.625. The topological polar surface area (TPSA) is 38.3 Å². The predicted molar refractivity (Wildman–Crippen MR) is 84.8 cm³/mol. The summed E-state index contributed by atoms with van der Waals surface area (Å²) < 4.78 is 19.0. The molecular weight excluding hydrogens is 269 g/mol. The Morgan fingerprint density at radius 2 is 1.75 bits per heavy atom. The van der Waals surface area contributed by atoms with Gasteiger partial charge in [-0.2, -0.15) is 0 Å². The molecule has 1 aromatic carbocycles. The van der Waals surface area contributed by atoms with Crippen LogP contribution >= 0.6 is 7.52 Å². The molecule has 0 amide bonds. The molecule has 0 aliphatic carbocycles. The van der Waals surface area contributed by atoms with Crippen molar-refractivity contribution in [2.24, 2.45) is 11.3 Å². The second-order valence-electron chi connectivity index (χ2n) is 7.02. The summed E-state index contributed by atoms with van der Waals surface area (Å²) in [6.07, 6.45) is 0. The van der Waals surface area contributed by atoms with Crippen molar-refractivity contribution in [3.05, 3.63) is 28.8 Å². The lowest BCUT2D eigenvalue weighted by Gasteiger charge is -2.38. The molecule has 1 aliphatic rings. The van der Waals surface area contributed by atoms with Gasteiger partial charge in [0.15, 0.2) is 0 Å². The molecule has 1 heterocycles. The van der Waals surface area contributed by atoms with Crippen LogP contribution < -0.4 is 10.4 Å². The van der Waals surface area contributed by atoms with Crippen molar-refractivity contribution in [3.63, 3.8) is 0 Å². The van der Waals surface area contributed by atoms with Gasteiger partial charge in [0.25, 0.3) is 7.52 Å². The summed E-state index contributed by atoms with van der Waals surface area (Å²) in [5.41, 5.74) is 3.45. The molecule has 1 fully saturated rings. The number of nitrogens with one attached hydrogen (secondary N) is 1. The van der Waals surface area contributed by atoms with E-state index in [-0.39, 0.29) is 5.41 Å². The average Bonchev–Trinajstić information content (AvgIpc) is 2.26. The molecule has 0 aromatic heterocycles. The minimum Gasteiger partial charge on any atom is -0.314 e. The third-order valence-corrected chi connectivity index (χ3v) is 6.56. The smallest absolute Gasteiger partial charge is 0.300 e. The quantitative estimate of drug-likeness (QED) is 0.803. The van der Waals surface area contributed by atoms with Crippen LogP contribution in [0.2, 0.25) is 0 Å². The van der Waals surface area contributed by atoms with Crippen LogP contribution in [0.1, 0.15) is 37.5 Å². The van der Waals surface area contributed by atoms with Crippen molar-refractivity contribution in [2.45, 2.75) is 41.5 Å². The Morgan fingerprint density at radius 1 is 1.20 bits per heavy atom. The lowest BCUT2D eigenvalue weighted by Crippen LogP contribution is -2.41. The van der Waals surface area contributed by atoms with Gasteiger partial charge >= 0.3 is 0 Å². The third-order valence-electron chi connectivity index (χ3n) is 4.16. The van der Waals surface area contributed by atoms with E-state index >= 15 is 0 Å². The summed E-state index contributed by atoms with van der Waals surface area (Å²) in [5, 5.41) is 4.06. The molecule has 0 radical (unpaired) electrons. The van der Waals surface area contributed by atoms with Gasteiger partial charge in [0.05, 0.1) is 11.9 Å². The van der Waals surface area contributed by atoms with Gasteiger partial charge in [0, 0.05) is 12.5 Å². The predicted octanol–water partition coefficient (Wildman–Crippen LogP) is 3.71. The maximum absolute atomic E-state index is 13.1. The van der Waals surface area contributed by atoms with Crippen LogP contribution in [0, 0.1) is 32.1 Å². The maximum atomic E-state index is 13.1. The van der Waals surface area contributed by atoms with E-state index in [1.54, 1.807) is 0 Å². The van der Waals surface area contributed by atoms with Gasteiger partial charge < -0.3 is 4.52 Å². The first-order valence-corrected chi connectivity index (χ1v) is 8.84. The SMILES string of the molecule is Cc1cc(C)c([P@]2(=O)NC[C@@H](C(C)(C)C)CO2)c(C)c1.